The Kier molecular flexibility index (Phi) is 10.7. The minimum Gasteiger partial charge on any atom is -0.497 e. The minimum atomic E-state index is -4.89. The van der Waals surface area contributed by atoms with Crippen LogP contribution >= 0.6 is 0 Å². The Labute approximate surface area is 323 Å². The monoisotopic (exact) mass is 785 g/mol. The molecule has 292 valence electrons. The molecule has 16 heteroatoms. The molecule has 7 rings (SSSR count). The Morgan fingerprint density at radius 1 is 0.893 bits per heavy atom. The molecule has 5 aromatic rings. The molecule has 2 fully saturated rings. The highest BCUT2D eigenvalue weighted by Crippen LogP contribution is 2.42. The quantitative estimate of drug-likeness (QED) is 0.166. The second-order valence-corrected chi connectivity index (χ2v) is 18.8. The van der Waals surface area contributed by atoms with Gasteiger partial charge in [0.25, 0.3) is 8.32 Å². The molecule has 0 bridgehead atoms. The highest BCUT2D eigenvalue weighted by Gasteiger charge is 2.53. The lowest BCUT2D eigenvalue weighted by Crippen LogP contribution is -2.67. The second kappa shape index (κ2) is 15.5. The fourth-order valence-electron chi connectivity index (χ4n) is 7.38. The van der Waals surface area contributed by atoms with Crippen molar-refractivity contribution in [2.75, 3.05) is 55.6 Å². The molecule has 1 amide bonds. The molecule has 2 saturated heterocycles. The van der Waals surface area contributed by atoms with Crippen LogP contribution in [0.2, 0.25) is 5.04 Å². The van der Waals surface area contributed by atoms with Gasteiger partial charge in [-0.25, -0.2) is 19.7 Å². The fourth-order valence-corrected chi connectivity index (χ4v) is 12.0. The Morgan fingerprint density at radius 2 is 1.52 bits per heavy atom. The van der Waals surface area contributed by atoms with Crippen LogP contribution in [0.25, 0.3) is 11.3 Å². The van der Waals surface area contributed by atoms with Gasteiger partial charge in [0.1, 0.15) is 17.6 Å². The van der Waals surface area contributed by atoms with Crippen LogP contribution in [0.1, 0.15) is 38.1 Å². The lowest BCUT2D eigenvalue weighted by atomic mass is 10.0. The standard InChI is InChI=1S/C40H42F3N7O5Si/c1-39(2,3)56(28-11-7-5-8-12-28,29-13-9-6-10-14-29)54-25-32-34(26-15-17-27(52-4)18-16-26)55-38(51)50(32)33-23-31(46-37(47-33)49-19-21-53-22-20-49)30-24-45-36(44)48-35(30)40(41,42)43/h5-18,23-24,32,34H,19-22,25H2,1-4H3,(H2,44,45,48)/t32-,34-/m0/s1. The number of cyclic esters (lactones) is 1. The van der Waals surface area contributed by atoms with Gasteiger partial charge in [-0.2, -0.15) is 18.2 Å². The van der Waals surface area contributed by atoms with E-state index in [4.69, 9.17) is 29.4 Å². The lowest BCUT2D eigenvalue weighted by molar-refractivity contribution is -0.140. The highest BCUT2D eigenvalue weighted by atomic mass is 28.4. The maximum atomic E-state index is 14.5. The summed E-state index contributed by atoms with van der Waals surface area (Å²) in [6, 6.07) is 27.7. The zero-order chi connectivity index (χ0) is 39.7. The summed E-state index contributed by atoms with van der Waals surface area (Å²) in [5.74, 6) is 0.170. The van der Waals surface area contributed by atoms with Crippen LogP contribution in [0, 0.1) is 0 Å². The number of amides is 1. The van der Waals surface area contributed by atoms with Gasteiger partial charge in [0.2, 0.25) is 11.9 Å². The predicted molar refractivity (Wildman–Crippen MR) is 208 cm³/mol. The maximum Gasteiger partial charge on any atom is 0.434 e. The number of morpholine rings is 1. The smallest absolute Gasteiger partial charge is 0.434 e. The van der Waals surface area contributed by atoms with Crippen molar-refractivity contribution in [3.8, 4) is 17.0 Å². The lowest BCUT2D eigenvalue weighted by Gasteiger charge is -2.44. The number of alkyl halides is 3. The van der Waals surface area contributed by atoms with Gasteiger partial charge in [0.15, 0.2) is 11.8 Å². The van der Waals surface area contributed by atoms with Crippen molar-refractivity contribution in [3.05, 3.63) is 108 Å². The number of nitrogens with two attached hydrogens (primary N) is 1. The number of halogens is 3. The number of aromatic nitrogens is 4. The molecule has 0 radical (unpaired) electrons. The highest BCUT2D eigenvalue weighted by molar-refractivity contribution is 6.99. The number of methoxy groups -OCH3 is 1. The molecule has 3 aromatic carbocycles. The molecule has 2 N–H and O–H groups in total. The zero-order valence-electron chi connectivity index (χ0n) is 31.4. The third kappa shape index (κ3) is 7.51. The van der Waals surface area contributed by atoms with Crippen molar-refractivity contribution in [2.45, 2.75) is 44.1 Å². The molecule has 56 heavy (non-hydrogen) atoms. The number of ether oxygens (including phenoxy) is 3. The van der Waals surface area contributed by atoms with Crippen LogP contribution in [-0.2, 0) is 20.1 Å². The number of benzene rings is 3. The summed E-state index contributed by atoms with van der Waals surface area (Å²) in [5, 5.41) is 1.64. The third-order valence-corrected chi connectivity index (χ3v) is 15.0. The van der Waals surface area contributed by atoms with Crippen LogP contribution in [0.5, 0.6) is 5.75 Å². The summed E-state index contributed by atoms with van der Waals surface area (Å²) in [6.45, 7) is 7.84. The first-order valence-corrected chi connectivity index (χ1v) is 20.0. The van der Waals surface area contributed by atoms with Crippen molar-refractivity contribution in [1.82, 2.24) is 19.9 Å². The Bertz CT molecular complexity index is 2110. The van der Waals surface area contributed by atoms with E-state index in [-0.39, 0.29) is 24.1 Å². The molecule has 0 aliphatic carbocycles. The molecule has 2 aliphatic heterocycles. The molecule has 2 aromatic heterocycles. The van der Waals surface area contributed by atoms with E-state index in [0.29, 0.717) is 37.6 Å². The molecular weight excluding hydrogens is 744 g/mol. The minimum absolute atomic E-state index is 0.0125. The first-order chi connectivity index (χ1) is 26.8. The molecule has 0 saturated carbocycles. The summed E-state index contributed by atoms with van der Waals surface area (Å²) < 4.78 is 67.8. The summed E-state index contributed by atoms with van der Waals surface area (Å²) >= 11 is 0. The average Bonchev–Trinajstić information content (AvgIpc) is 3.53. The molecule has 12 nitrogen and oxygen atoms in total. The number of carbonyl (C=O) groups excluding carboxylic acids is 1. The third-order valence-electron chi connectivity index (χ3n) is 10.0. The van der Waals surface area contributed by atoms with Gasteiger partial charge >= 0.3 is 12.3 Å². The SMILES string of the molecule is COc1ccc([C@@H]2OC(=O)N(c3cc(-c4cnc(N)nc4C(F)(F)F)nc(N4CCOCC4)n3)[C@H]2CO[Si](c2ccccc2)(c2ccccc2)C(C)(C)C)cc1. The molecule has 0 unspecified atom stereocenters. The van der Waals surface area contributed by atoms with Gasteiger partial charge in [0, 0.05) is 30.9 Å². The summed E-state index contributed by atoms with van der Waals surface area (Å²) in [7, 11) is -1.61. The zero-order valence-corrected chi connectivity index (χ0v) is 32.4. The molecule has 0 spiro atoms. The van der Waals surface area contributed by atoms with Gasteiger partial charge < -0.3 is 29.3 Å². The van der Waals surface area contributed by atoms with Crippen LogP contribution in [0.4, 0.5) is 35.7 Å². The van der Waals surface area contributed by atoms with Gasteiger partial charge in [0.05, 0.1) is 32.6 Å². The van der Waals surface area contributed by atoms with Crippen molar-refractivity contribution >= 4 is 42.5 Å². The van der Waals surface area contributed by atoms with Crippen LogP contribution in [-0.4, -0.2) is 80.4 Å². The van der Waals surface area contributed by atoms with Gasteiger partial charge in [-0.05, 0) is 33.1 Å². The number of nitrogens with zero attached hydrogens (tertiary/aromatic N) is 6. The largest absolute Gasteiger partial charge is 0.497 e. The number of rotatable bonds is 10. The topological polar surface area (TPSA) is 138 Å². The number of hydrogen-bond donors (Lipinski definition) is 1. The van der Waals surface area contributed by atoms with E-state index in [1.165, 1.54) is 11.0 Å². The van der Waals surface area contributed by atoms with Crippen LogP contribution in [0.3, 0.4) is 0 Å². The van der Waals surface area contributed by atoms with Gasteiger partial charge in [-0.3, -0.25) is 4.90 Å². The summed E-state index contributed by atoms with van der Waals surface area (Å²) in [6.07, 6.45) is -5.55. The molecule has 2 aliphatic rings. The van der Waals surface area contributed by atoms with E-state index in [0.717, 1.165) is 16.6 Å². The first kappa shape index (κ1) is 38.7. The van der Waals surface area contributed by atoms with E-state index < -0.39 is 55.0 Å². The summed E-state index contributed by atoms with van der Waals surface area (Å²) in [4.78, 5) is 34.2. The van der Waals surface area contributed by atoms with Gasteiger partial charge in [-0.15, -0.1) is 0 Å². The van der Waals surface area contributed by atoms with Crippen molar-refractivity contribution in [1.29, 1.82) is 0 Å². The van der Waals surface area contributed by atoms with E-state index >= 15 is 0 Å². The average molecular weight is 786 g/mol. The maximum absolute atomic E-state index is 14.5. The normalized spacial score (nSPS) is 17.9. The van der Waals surface area contributed by atoms with E-state index in [2.05, 4.69) is 60.0 Å². The second-order valence-electron chi connectivity index (χ2n) is 14.5. The first-order valence-electron chi connectivity index (χ1n) is 18.1. The number of anilines is 3. The number of nitrogen functional groups attached to an aromatic ring is 1. The molecule has 4 heterocycles. The van der Waals surface area contributed by atoms with E-state index in [1.807, 2.05) is 48.5 Å². The van der Waals surface area contributed by atoms with Crippen LogP contribution in [0.15, 0.2) is 97.2 Å². The molecular formula is C40H42F3N7O5Si. The Balaban J connectivity index is 1.40. The number of hydrogen-bond acceptors (Lipinski definition) is 11. The van der Waals surface area contributed by atoms with E-state index in [1.54, 1.807) is 24.1 Å². The Hall–Kier alpha value is -5.58. The van der Waals surface area contributed by atoms with Crippen LogP contribution < -0.4 is 30.6 Å². The Morgan fingerprint density at radius 3 is 2.09 bits per heavy atom. The summed E-state index contributed by atoms with van der Waals surface area (Å²) in [5.41, 5.74) is 4.43. The van der Waals surface area contributed by atoms with E-state index in [9.17, 15) is 18.0 Å². The van der Waals surface area contributed by atoms with Crippen molar-refractivity contribution < 1.29 is 36.6 Å². The van der Waals surface area contributed by atoms with Gasteiger partial charge in [-0.1, -0.05) is 93.6 Å². The number of carbonyl (C=O) groups is 1. The fraction of sp³-hybridized carbons (Fsp3) is 0.325. The predicted octanol–water partition coefficient (Wildman–Crippen LogP) is 6.02. The van der Waals surface area contributed by atoms with Crippen molar-refractivity contribution in [2.24, 2.45) is 0 Å². The van der Waals surface area contributed by atoms with Crippen molar-refractivity contribution in [3.63, 3.8) is 0 Å². The molecule has 2 atom stereocenters.